The quantitative estimate of drug-likeness (QED) is 0.674. The largest absolute Gasteiger partial charge is 0.489 e. The van der Waals surface area contributed by atoms with Gasteiger partial charge in [-0.25, -0.2) is 0 Å². The van der Waals surface area contributed by atoms with Crippen molar-refractivity contribution in [3.8, 4) is 0 Å². The summed E-state index contributed by atoms with van der Waals surface area (Å²) >= 11 is 0. The summed E-state index contributed by atoms with van der Waals surface area (Å²) in [6, 6.07) is 8.61. The van der Waals surface area contributed by atoms with Crippen molar-refractivity contribution < 1.29 is 14.3 Å². The Kier molecular flexibility index (Phi) is 4.23. The van der Waals surface area contributed by atoms with Crippen LogP contribution in [0.15, 0.2) is 71.8 Å². The van der Waals surface area contributed by atoms with Crippen molar-refractivity contribution in [1.82, 2.24) is 4.98 Å². The predicted molar refractivity (Wildman–Crippen MR) is 119 cm³/mol. The molecular weight excluding hydrogens is 386 g/mol. The van der Waals surface area contributed by atoms with Gasteiger partial charge >= 0.3 is 0 Å². The summed E-state index contributed by atoms with van der Waals surface area (Å²) in [5, 5.41) is 2.40. The number of aromatic nitrogens is 1. The second-order valence-corrected chi connectivity index (χ2v) is 9.53. The molecule has 0 N–H and O–H groups in total. The van der Waals surface area contributed by atoms with E-state index in [-0.39, 0.29) is 29.3 Å². The normalized spacial score (nSPS) is 34.1. The van der Waals surface area contributed by atoms with Gasteiger partial charge in [0, 0.05) is 55.0 Å². The number of hydrogen-bond acceptors (Lipinski definition) is 4. The molecule has 4 aliphatic rings. The highest BCUT2D eigenvalue weighted by Gasteiger charge is 2.57. The number of allylic oxidation sites excluding steroid dienone is 4. The molecule has 1 aromatic heterocycles. The molecule has 6 rings (SSSR count). The van der Waals surface area contributed by atoms with Crippen LogP contribution < -0.4 is 0 Å². The number of pyridine rings is 1. The van der Waals surface area contributed by atoms with Crippen molar-refractivity contribution in [2.45, 2.75) is 50.7 Å². The van der Waals surface area contributed by atoms with E-state index in [0.717, 1.165) is 41.6 Å². The lowest BCUT2D eigenvalue weighted by Gasteiger charge is -2.44. The number of ketones is 1. The van der Waals surface area contributed by atoms with E-state index < -0.39 is 0 Å². The first-order valence-electron chi connectivity index (χ1n) is 11.3. The van der Waals surface area contributed by atoms with E-state index in [1.165, 1.54) is 10.9 Å². The molecule has 4 heteroatoms. The van der Waals surface area contributed by atoms with E-state index >= 15 is 0 Å². The highest BCUT2D eigenvalue weighted by atomic mass is 16.5. The Morgan fingerprint density at radius 1 is 1.23 bits per heavy atom. The number of methoxy groups -OCH3 is 1. The summed E-state index contributed by atoms with van der Waals surface area (Å²) < 4.78 is 12.7. The molecule has 1 saturated carbocycles. The third kappa shape index (κ3) is 2.71. The first-order valence-corrected chi connectivity index (χ1v) is 11.3. The molecule has 0 saturated heterocycles. The van der Waals surface area contributed by atoms with Crippen LogP contribution in [0, 0.1) is 11.3 Å². The third-order valence-electron chi connectivity index (χ3n) is 8.00. The fourth-order valence-electron chi connectivity index (χ4n) is 6.46. The minimum atomic E-state index is -0.100. The average molecular weight is 414 g/mol. The fraction of sp³-hybridized carbons (Fsp3) is 0.407. The Labute approximate surface area is 182 Å². The molecule has 0 spiro atoms. The first kappa shape index (κ1) is 19.0. The molecule has 1 aliphatic heterocycles. The molecular formula is C27H27NO3. The van der Waals surface area contributed by atoms with Crippen LogP contribution in [0.1, 0.15) is 44.1 Å². The minimum absolute atomic E-state index is 0.0149. The van der Waals surface area contributed by atoms with Gasteiger partial charge in [0.15, 0.2) is 5.78 Å². The fourth-order valence-corrected chi connectivity index (χ4v) is 6.46. The average Bonchev–Trinajstić information content (AvgIpc) is 3.10. The monoisotopic (exact) mass is 413 g/mol. The molecule has 2 aromatic rings. The van der Waals surface area contributed by atoms with Crippen molar-refractivity contribution >= 4 is 16.6 Å². The van der Waals surface area contributed by atoms with E-state index in [1.807, 2.05) is 19.5 Å². The molecule has 0 amide bonds. The minimum Gasteiger partial charge on any atom is -0.489 e. The molecule has 0 unspecified atom stereocenters. The van der Waals surface area contributed by atoms with Crippen LogP contribution in [-0.4, -0.2) is 30.1 Å². The van der Waals surface area contributed by atoms with Crippen LogP contribution >= 0.6 is 0 Å². The van der Waals surface area contributed by atoms with Gasteiger partial charge in [-0.2, -0.15) is 0 Å². The predicted octanol–water partition coefficient (Wildman–Crippen LogP) is 5.26. The van der Waals surface area contributed by atoms with Crippen LogP contribution in [0.4, 0.5) is 0 Å². The first-order chi connectivity index (χ1) is 15.1. The highest BCUT2D eigenvalue weighted by molar-refractivity contribution is 5.99. The lowest BCUT2D eigenvalue weighted by atomic mass is 9.64. The molecule has 4 nitrogen and oxygen atoms in total. The number of rotatable bonds is 2. The number of carbonyl (C=O) groups is 1. The molecule has 0 radical (unpaired) electrons. The Morgan fingerprint density at radius 2 is 2.13 bits per heavy atom. The SMILES string of the molecule is CO[C@@H]1C[C@H]2[C@@H]3OC4=C(C=C3C=C[C@]2(C)[C@H]1c1cccc2cnccc12)C(=O)CCC4. The van der Waals surface area contributed by atoms with Crippen molar-refractivity contribution in [2.24, 2.45) is 11.3 Å². The van der Waals surface area contributed by atoms with Gasteiger partial charge in [0.2, 0.25) is 0 Å². The van der Waals surface area contributed by atoms with E-state index in [1.54, 1.807) is 0 Å². The number of hydrogen-bond donors (Lipinski definition) is 0. The van der Waals surface area contributed by atoms with Gasteiger partial charge in [-0.15, -0.1) is 0 Å². The maximum atomic E-state index is 12.4. The topological polar surface area (TPSA) is 48.4 Å². The third-order valence-corrected chi connectivity index (χ3v) is 8.00. The Hall–Kier alpha value is -2.72. The van der Waals surface area contributed by atoms with Crippen LogP contribution in [0.3, 0.4) is 0 Å². The number of Topliss-reactive ketones (excluding diaryl/α,β-unsaturated/α-hetero) is 1. The maximum absolute atomic E-state index is 12.4. The number of fused-ring (bicyclic) bond motifs is 4. The zero-order chi connectivity index (χ0) is 21.2. The number of nitrogens with zero attached hydrogens (tertiary/aromatic N) is 1. The zero-order valence-electron chi connectivity index (χ0n) is 18.0. The van der Waals surface area contributed by atoms with Crippen LogP contribution in [0.25, 0.3) is 10.8 Å². The van der Waals surface area contributed by atoms with Crippen LogP contribution in [0.2, 0.25) is 0 Å². The van der Waals surface area contributed by atoms with E-state index in [2.05, 4.69) is 54.4 Å². The second kappa shape index (κ2) is 6.89. The lowest BCUT2D eigenvalue weighted by Crippen LogP contribution is -2.41. The van der Waals surface area contributed by atoms with Crippen LogP contribution in [-0.2, 0) is 14.3 Å². The number of carbonyl (C=O) groups excluding carboxylic acids is 1. The zero-order valence-corrected chi connectivity index (χ0v) is 18.0. The van der Waals surface area contributed by atoms with Crippen molar-refractivity contribution in [1.29, 1.82) is 0 Å². The number of ether oxygens (including phenoxy) is 2. The Morgan fingerprint density at radius 3 is 3.00 bits per heavy atom. The summed E-state index contributed by atoms with van der Waals surface area (Å²) in [5.41, 5.74) is 3.15. The second-order valence-electron chi connectivity index (χ2n) is 9.53. The summed E-state index contributed by atoms with van der Waals surface area (Å²) in [4.78, 5) is 16.7. The number of benzene rings is 1. The molecule has 0 bridgehead atoms. The van der Waals surface area contributed by atoms with Crippen molar-refractivity contribution in [3.05, 3.63) is 77.4 Å². The van der Waals surface area contributed by atoms with Gasteiger partial charge < -0.3 is 9.47 Å². The molecule has 31 heavy (non-hydrogen) atoms. The van der Waals surface area contributed by atoms with Gasteiger partial charge in [0.1, 0.15) is 11.9 Å². The lowest BCUT2D eigenvalue weighted by molar-refractivity contribution is -0.116. The standard InChI is InChI=1S/C27H27NO3/c1-27-11-9-16-13-20-22(29)7-4-8-23(20)31-26(16)21(27)14-24(30-2)25(27)19-6-3-5-17-15-28-12-10-18(17)19/h3,5-6,9-13,15,21,24-26H,4,7-8,14H2,1-2H3/t21-,24+,25-,26+,27-/m0/s1. The molecule has 2 heterocycles. The van der Waals surface area contributed by atoms with Gasteiger partial charge in [-0.3, -0.25) is 9.78 Å². The smallest absolute Gasteiger partial charge is 0.166 e. The van der Waals surface area contributed by atoms with Crippen molar-refractivity contribution in [2.75, 3.05) is 7.11 Å². The van der Waals surface area contributed by atoms with Crippen molar-refractivity contribution in [3.63, 3.8) is 0 Å². The van der Waals surface area contributed by atoms with Gasteiger partial charge in [-0.1, -0.05) is 37.3 Å². The maximum Gasteiger partial charge on any atom is 0.166 e. The molecule has 1 aromatic carbocycles. The molecule has 5 atom stereocenters. The van der Waals surface area contributed by atoms with Gasteiger partial charge in [0.05, 0.1) is 11.7 Å². The van der Waals surface area contributed by atoms with Crippen LogP contribution in [0.5, 0.6) is 0 Å². The summed E-state index contributed by atoms with van der Waals surface area (Å²) in [6.07, 6.45) is 13.9. The molecule has 158 valence electrons. The molecule has 1 fully saturated rings. The van der Waals surface area contributed by atoms with E-state index in [4.69, 9.17) is 9.47 Å². The van der Waals surface area contributed by atoms with E-state index in [9.17, 15) is 4.79 Å². The van der Waals surface area contributed by atoms with Gasteiger partial charge in [0.25, 0.3) is 0 Å². The highest BCUT2D eigenvalue weighted by Crippen LogP contribution is 2.60. The Bertz CT molecular complexity index is 1170. The summed E-state index contributed by atoms with van der Waals surface area (Å²) in [6.45, 7) is 2.36. The van der Waals surface area contributed by atoms with E-state index in [0.29, 0.717) is 12.3 Å². The molecule has 3 aliphatic carbocycles. The Balaban J connectivity index is 1.47. The summed E-state index contributed by atoms with van der Waals surface area (Å²) in [7, 11) is 1.83. The summed E-state index contributed by atoms with van der Waals surface area (Å²) in [5.74, 6) is 1.63. The van der Waals surface area contributed by atoms with Gasteiger partial charge in [-0.05, 0) is 41.5 Å².